The molecule has 0 saturated heterocycles. The molecule has 4 nitrogen and oxygen atoms in total. The lowest BCUT2D eigenvalue weighted by Gasteiger charge is -2.00. The van der Waals surface area contributed by atoms with Gasteiger partial charge in [0.15, 0.2) is 11.9 Å². The highest BCUT2D eigenvalue weighted by atomic mass is 16.5. The highest BCUT2D eigenvalue weighted by molar-refractivity contribution is 5.86. The highest BCUT2D eigenvalue weighted by Crippen LogP contribution is 2.10. The largest absolute Gasteiger partial charge is 0.478 e. The molecule has 1 aliphatic rings. The van der Waals surface area contributed by atoms with E-state index in [0.29, 0.717) is 12.3 Å². The molecule has 0 saturated carbocycles. The third-order valence-electron chi connectivity index (χ3n) is 2.38. The van der Waals surface area contributed by atoms with Crippen LogP contribution in [0.25, 0.3) is 0 Å². The van der Waals surface area contributed by atoms with Crippen LogP contribution >= 0.6 is 0 Å². The molecular formula is C12H13NO3. The van der Waals surface area contributed by atoms with Gasteiger partial charge in [-0.2, -0.15) is 0 Å². The van der Waals surface area contributed by atoms with E-state index < -0.39 is 6.04 Å². The van der Waals surface area contributed by atoms with Crippen molar-refractivity contribution >= 4 is 11.9 Å². The van der Waals surface area contributed by atoms with Crippen molar-refractivity contribution in [1.29, 1.82) is 0 Å². The molecule has 0 fully saturated rings. The first kappa shape index (κ1) is 10.7. The Morgan fingerprint density at radius 2 is 2.25 bits per heavy atom. The standard InChI is InChI=1S/C12H13NO3/c1-15-12(14)10-8-16-11(13-10)7-9-5-3-2-4-6-9/h2-6,10H,7-8H2,1H3. The van der Waals surface area contributed by atoms with Crippen molar-refractivity contribution in [3.05, 3.63) is 35.9 Å². The van der Waals surface area contributed by atoms with Gasteiger partial charge in [-0.25, -0.2) is 9.79 Å². The third-order valence-corrected chi connectivity index (χ3v) is 2.38. The molecule has 0 radical (unpaired) electrons. The Kier molecular flexibility index (Phi) is 3.19. The van der Waals surface area contributed by atoms with E-state index in [4.69, 9.17) is 4.74 Å². The predicted molar refractivity (Wildman–Crippen MR) is 59.3 cm³/mol. The van der Waals surface area contributed by atoms with Crippen molar-refractivity contribution in [2.24, 2.45) is 4.99 Å². The van der Waals surface area contributed by atoms with E-state index in [9.17, 15) is 4.79 Å². The summed E-state index contributed by atoms with van der Waals surface area (Å²) >= 11 is 0. The van der Waals surface area contributed by atoms with Gasteiger partial charge in [-0.3, -0.25) is 0 Å². The second-order valence-electron chi connectivity index (χ2n) is 3.54. The summed E-state index contributed by atoms with van der Waals surface area (Å²) in [5.74, 6) is 0.254. The summed E-state index contributed by atoms with van der Waals surface area (Å²) in [5.41, 5.74) is 1.12. The number of rotatable bonds is 3. The number of aliphatic imine (C=N–C) groups is 1. The molecule has 0 aliphatic carbocycles. The van der Waals surface area contributed by atoms with Gasteiger partial charge >= 0.3 is 5.97 Å². The van der Waals surface area contributed by atoms with E-state index in [1.54, 1.807) is 0 Å². The second-order valence-corrected chi connectivity index (χ2v) is 3.54. The summed E-state index contributed by atoms with van der Waals surface area (Å²) in [6.07, 6.45) is 0.619. The van der Waals surface area contributed by atoms with Crippen LogP contribution in [0.4, 0.5) is 0 Å². The number of benzene rings is 1. The molecule has 0 spiro atoms. The number of carbonyl (C=O) groups is 1. The molecule has 1 aromatic rings. The van der Waals surface area contributed by atoms with Gasteiger partial charge in [0.25, 0.3) is 0 Å². The van der Waals surface area contributed by atoms with E-state index >= 15 is 0 Å². The minimum absolute atomic E-state index is 0.287. The summed E-state index contributed by atoms with van der Waals surface area (Å²) in [6, 6.07) is 9.38. The van der Waals surface area contributed by atoms with Gasteiger partial charge in [-0.1, -0.05) is 30.3 Å². The fraction of sp³-hybridized carbons (Fsp3) is 0.333. The molecule has 4 heteroatoms. The topological polar surface area (TPSA) is 47.9 Å². The van der Waals surface area contributed by atoms with Crippen LogP contribution in [0.2, 0.25) is 0 Å². The fourth-order valence-electron chi connectivity index (χ4n) is 1.55. The average molecular weight is 219 g/mol. The smallest absolute Gasteiger partial charge is 0.334 e. The predicted octanol–water partition coefficient (Wildman–Crippen LogP) is 1.20. The van der Waals surface area contributed by atoms with Crippen LogP contribution < -0.4 is 0 Å². The van der Waals surface area contributed by atoms with Gasteiger partial charge in [0, 0.05) is 6.42 Å². The number of esters is 1. The van der Waals surface area contributed by atoms with Gasteiger partial charge in [0.2, 0.25) is 0 Å². The quantitative estimate of drug-likeness (QED) is 0.718. The lowest BCUT2D eigenvalue weighted by atomic mass is 10.1. The number of methoxy groups -OCH3 is 1. The van der Waals surface area contributed by atoms with E-state index in [1.807, 2.05) is 30.3 Å². The van der Waals surface area contributed by atoms with Crippen LogP contribution in [0, 0.1) is 0 Å². The van der Waals surface area contributed by atoms with Gasteiger partial charge in [-0.05, 0) is 5.56 Å². The number of hydrogen-bond acceptors (Lipinski definition) is 4. The Morgan fingerprint density at radius 3 is 2.94 bits per heavy atom. The zero-order chi connectivity index (χ0) is 11.4. The first-order valence-corrected chi connectivity index (χ1v) is 5.11. The van der Waals surface area contributed by atoms with Crippen LogP contribution in [0.3, 0.4) is 0 Å². The van der Waals surface area contributed by atoms with Gasteiger partial charge < -0.3 is 9.47 Å². The minimum atomic E-state index is -0.497. The lowest BCUT2D eigenvalue weighted by molar-refractivity contribution is -0.142. The maximum atomic E-state index is 11.2. The van der Waals surface area contributed by atoms with Crippen molar-refractivity contribution in [3.63, 3.8) is 0 Å². The molecule has 1 heterocycles. The van der Waals surface area contributed by atoms with E-state index in [-0.39, 0.29) is 12.6 Å². The number of nitrogens with zero attached hydrogens (tertiary/aromatic N) is 1. The molecule has 1 unspecified atom stereocenters. The molecule has 1 atom stereocenters. The Morgan fingerprint density at radius 1 is 1.50 bits per heavy atom. The normalized spacial score (nSPS) is 18.8. The SMILES string of the molecule is COC(=O)C1COC(Cc2ccccc2)=N1. The molecule has 0 bridgehead atoms. The monoisotopic (exact) mass is 219 g/mol. The summed E-state index contributed by atoms with van der Waals surface area (Å²) in [5, 5.41) is 0. The molecule has 1 aliphatic heterocycles. The van der Waals surface area contributed by atoms with Crippen LogP contribution in [0.5, 0.6) is 0 Å². The molecule has 0 N–H and O–H groups in total. The van der Waals surface area contributed by atoms with E-state index in [2.05, 4.69) is 9.73 Å². The van der Waals surface area contributed by atoms with Crippen molar-refractivity contribution in [3.8, 4) is 0 Å². The minimum Gasteiger partial charge on any atom is -0.478 e. The van der Waals surface area contributed by atoms with Crippen LogP contribution in [-0.2, 0) is 20.7 Å². The highest BCUT2D eigenvalue weighted by Gasteiger charge is 2.26. The second kappa shape index (κ2) is 4.79. The van der Waals surface area contributed by atoms with E-state index in [0.717, 1.165) is 5.56 Å². The maximum Gasteiger partial charge on any atom is 0.334 e. The fourth-order valence-corrected chi connectivity index (χ4v) is 1.55. The summed E-state index contributed by atoms with van der Waals surface area (Å²) in [4.78, 5) is 15.4. The zero-order valence-electron chi connectivity index (χ0n) is 9.05. The molecule has 0 amide bonds. The summed E-state index contributed by atoms with van der Waals surface area (Å²) in [6.45, 7) is 0.287. The number of ether oxygens (including phenoxy) is 2. The maximum absolute atomic E-state index is 11.2. The molecule has 2 rings (SSSR count). The van der Waals surface area contributed by atoms with Gasteiger partial charge in [0.05, 0.1) is 7.11 Å². The van der Waals surface area contributed by atoms with Gasteiger partial charge in [0.1, 0.15) is 6.61 Å². The number of hydrogen-bond donors (Lipinski definition) is 0. The van der Waals surface area contributed by atoms with Crippen molar-refractivity contribution in [2.75, 3.05) is 13.7 Å². The number of carbonyl (C=O) groups excluding carboxylic acids is 1. The summed E-state index contributed by atoms with van der Waals surface area (Å²) in [7, 11) is 1.35. The van der Waals surface area contributed by atoms with Crippen molar-refractivity contribution < 1.29 is 14.3 Å². The Bertz CT molecular complexity index is 400. The molecule has 1 aromatic carbocycles. The van der Waals surface area contributed by atoms with Crippen LogP contribution in [-0.4, -0.2) is 31.6 Å². The molecule has 16 heavy (non-hydrogen) atoms. The van der Waals surface area contributed by atoms with Crippen molar-refractivity contribution in [2.45, 2.75) is 12.5 Å². The van der Waals surface area contributed by atoms with Gasteiger partial charge in [-0.15, -0.1) is 0 Å². The molecule has 0 aromatic heterocycles. The molecular weight excluding hydrogens is 206 g/mol. The van der Waals surface area contributed by atoms with E-state index in [1.165, 1.54) is 7.11 Å². The Labute approximate surface area is 93.9 Å². The third kappa shape index (κ3) is 2.39. The summed E-state index contributed by atoms with van der Waals surface area (Å²) < 4.78 is 9.95. The van der Waals surface area contributed by atoms with Crippen molar-refractivity contribution in [1.82, 2.24) is 0 Å². The zero-order valence-corrected chi connectivity index (χ0v) is 9.05. The van der Waals surface area contributed by atoms with Crippen LogP contribution in [0.1, 0.15) is 5.56 Å². The Balaban J connectivity index is 2.00. The average Bonchev–Trinajstić information content (AvgIpc) is 2.78. The van der Waals surface area contributed by atoms with Crippen LogP contribution in [0.15, 0.2) is 35.3 Å². The first-order chi connectivity index (χ1) is 7.79. The molecule has 84 valence electrons. The lowest BCUT2D eigenvalue weighted by Crippen LogP contribution is -2.21. The Hall–Kier alpha value is -1.84. The first-order valence-electron chi connectivity index (χ1n) is 5.11.